The summed E-state index contributed by atoms with van der Waals surface area (Å²) < 4.78 is 0. The van der Waals surface area contributed by atoms with Crippen LogP contribution in [0.3, 0.4) is 0 Å². The summed E-state index contributed by atoms with van der Waals surface area (Å²) in [4.78, 5) is 34.0. The molecule has 1 aromatic carbocycles. The minimum atomic E-state index is -1.04. The average molecular weight is 292 g/mol. The summed E-state index contributed by atoms with van der Waals surface area (Å²) in [6.07, 6.45) is 2.01. The first-order valence-corrected chi connectivity index (χ1v) is 6.85. The fourth-order valence-electron chi connectivity index (χ4n) is 1.82. The van der Waals surface area contributed by atoms with Gasteiger partial charge in [0.2, 0.25) is 5.91 Å². The maximum absolute atomic E-state index is 12.0. The Morgan fingerprint density at radius 3 is 2.29 bits per heavy atom. The number of hydrogen-bond acceptors (Lipinski definition) is 3. The highest BCUT2D eigenvalue weighted by atomic mass is 16.4. The maximum atomic E-state index is 12.0. The minimum absolute atomic E-state index is 0.197. The highest BCUT2D eigenvalue weighted by Gasteiger charge is 2.19. The van der Waals surface area contributed by atoms with Crippen molar-refractivity contribution in [3.8, 4) is 0 Å². The van der Waals surface area contributed by atoms with Crippen LogP contribution in [0, 0.1) is 0 Å². The van der Waals surface area contributed by atoms with Gasteiger partial charge in [-0.05, 0) is 30.7 Å². The van der Waals surface area contributed by atoms with Crippen molar-refractivity contribution < 1.29 is 19.5 Å². The molecule has 0 aromatic heterocycles. The van der Waals surface area contributed by atoms with Crippen molar-refractivity contribution in [3.63, 3.8) is 0 Å². The largest absolute Gasteiger partial charge is 0.480 e. The minimum Gasteiger partial charge on any atom is -0.480 e. The molecular formula is C15H20N2O4. The number of carbonyl (C=O) groups is 3. The molecular weight excluding hydrogens is 272 g/mol. The molecule has 1 aromatic rings. The van der Waals surface area contributed by atoms with Crippen LogP contribution in [-0.2, 0) is 9.59 Å². The number of amides is 2. The van der Waals surface area contributed by atoms with Crippen molar-refractivity contribution in [3.05, 3.63) is 29.8 Å². The summed E-state index contributed by atoms with van der Waals surface area (Å²) in [6.45, 7) is 3.35. The van der Waals surface area contributed by atoms with E-state index in [0.29, 0.717) is 17.7 Å². The Hall–Kier alpha value is -2.37. The zero-order valence-corrected chi connectivity index (χ0v) is 12.2. The molecule has 0 heterocycles. The van der Waals surface area contributed by atoms with E-state index >= 15 is 0 Å². The third kappa shape index (κ3) is 5.64. The second kappa shape index (κ2) is 8.04. The van der Waals surface area contributed by atoms with Gasteiger partial charge in [-0.15, -0.1) is 0 Å². The van der Waals surface area contributed by atoms with E-state index in [1.165, 1.54) is 6.92 Å². The summed E-state index contributed by atoms with van der Waals surface area (Å²) in [5.41, 5.74) is 0.937. The fraction of sp³-hybridized carbons (Fsp3) is 0.400. The van der Waals surface area contributed by atoms with Crippen LogP contribution in [0.5, 0.6) is 0 Å². The fourth-order valence-corrected chi connectivity index (χ4v) is 1.82. The van der Waals surface area contributed by atoms with Crippen LogP contribution in [0.15, 0.2) is 24.3 Å². The lowest BCUT2D eigenvalue weighted by Gasteiger charge is -2.14. The molecule has 0 aliphatic rings. The SMILES string of the molecule is CCCC[C@@H](NC(=O)c1ccc(NC(C)=O)cc1)C(=O)O. The normalized spacial score (nSPS) is 11.5. The van der Waals surface area contributed by atoms with Gasteiger partial charge in [0.1, 0.15) is 6.04 Å². The second-order valence-corrected chi connectivity index (χ2v) is 4.77. The zero-order valence-electron chi connectivity index (χ0n) is 12.2. The van der Waals surface area contributed by atoms with E-state index < -0.39 is 17.9 Å². The Bertz CT molecular complexity index is 511. The van der Waals surface area contributed by atoms with Gasteiger partial charge in [0.25, 0.3) is 5.91 Å². The maximum Gasteiger partial charge on any atom is 0.326 e. The lowest BCUT2D eigenvalue weighted by Crippen LogP contribution is -2.40. The lowest BCUT2D eigenvalue weighted by atomic mass is 10.1. The molecule has 6 heteroatoms. The van der Waals surface area contributed by atoms with E-state index in [-0.39, 0.29) is 5.91 Å². The number of benzene rings is 1. The van der Waals surface area contributed by atoms with E-state index in [1.54, 1.807) is 24.3 Å². The van der Waals surface area contributed by atoms with Crippen LogP contribution in [0.4, 0.5) is 5.69 Å². The first kappa shape index (κ1) is 16.7. The lowest BCUT2D eigenvalue weighted by molar-refractivity contribution is -0.139. The molecule has 0 aliphatic heterocycles. The van der Waals surface area contributed by atoms with E-state index in [9.17, 15) is 14.4 Å². The van der Waals surface area contributed by atoms with Crippen LogP contribution in [0.25, 0.3) is 0 Å². The van der Waals surface area contributed by atoms with Crippen LogP contribution in [-0.4, -0.2) is 28.9 Å². The third-order valence-corrected chi connectivity index (χ3v) is 2.92. The highest BCUT2D eigenvalue weighted by molar-refractivity contribution is 5.97. The van der Waals surface area contributed by atoms with Gasteiger partial charge < -0.3 is 15.7 Å². The van der Waals surface area contributed by atoms with Crippen LogP contribution in [0.1, 0.15) is 43.5 Å². The van der Waals surface area contributed by atoms with Gasteiger partial charge in [-0.1, -0.05) is 19.8 Å². The Morgan fingerprint density at radius 1 is 1.19 bits per heavy atom. The monoisotopic (exact) mass is 292 g/mol. The molecule has 0 aliphatic carbocycles. The van der Waals surface area contributed by atoms with E-state index in [0.717, 1.165) is 12.8 Å². The molecule has 1 rings (SSSR count). The van der Waals surface area contributed by atoms with Crippen LogP contribution >= 0.6 is 0 Å². The van der Waals surface area contributed by atoms with Crippen molar-refractivity contribution in [2.45, 2.75) is 39.2 Å². The third-order valence-electron chi connectivity index (χ3n) is 2.92. The summed E-state index contributed by atoms with van der Waals surface area (Å²) in [5, 5.41) is 14.2. The molecule has 2 amide bonds. The Morgan fingerprint density at radius 2 is 1.81 bits per heavy atom. The quantitative estimate of drug-likeness (QED) is 0.716. The van der Waals surface area contributed by atoms with Gasteiger partial charge >= 0.3 is 5.97 Å². The topological polar surface area (TPSA) is 95.5 Å². The molecule has 21 heavy (non-hydrogen) atoms. The number of aliphatic carboxylic acids is 1. The molecule has 0 bridgehead atoms. The molecule has 6 nitrogen and oxygen atoms in total. The number of unbranched alkanes of at least 4 members (excludes halogenated alkanes) is 1. The highest BCUT2D eigenvalue weighted by Crippen LogP contribution is 2.10. The van der Waals surface area contributed by atoms with Gasteiger partial charge in [0.15, 0.2) is 0 Å². The molecule has 3 N–H and O–H groups in total. The zero-order chi connectivity index (χ0) is 15.8. The number of carbonyl (C=O) groups excluding carboxylic acids is 2. The number of nitrogens with one attached hydrogen (secondary N) is 2. The first-order chi connectivity index (χ1) is 9.93. The van der Waals surface area contributed by atoms with Gasteiger partial charge in [0.05, 0.1) is 0 Å². The van der Waals surface area contributed by atoms with Gasteiger partial charge in [-0.25, -0.2) is 4.79 Å². The molecule has 0 radical (unpaired) electrons. The summed E-state index contributed by atoms with van der Waals surface area (Å²) in [5.74, 6) is -1.67. The van der Waals surface area contributed by atoms with Crippen LogP contribution < -0.4 is 10.6 Å². The number of hydrogen-bond donors (Lipinski definition) is 3. The van der Waals surface area contributed by atoms with Crippen molar-refractivity contribution in [1.29, 1.82) is 0 Å². The van der Waals surface area contributed by atoms with E-state index in [2.05, 4.69) is 10.6 Å². The molecule has 0 unspecified atom stereocenters. The summed E-state index contributed by atoms with van der Waals surface area (Å²) in [7, 11) is 0. The first-order valence-electron chi connectivity index (χ1n) is 6.85. The standard InChI is InChI=1S/C15H20N2O4/c1-3-4-5-13(15(20)21)17-14(19)11-6-8-12(9-7-11)16-10(2)18/h6-9,13H,3-5H2,1-2H3,(H,16,18)(H,17,19)(H,20,21)/t13-/m1/s1. The number of carboxylic acids is 1. The number of carboxylic acid groups (broad SMARTS) is 1. The number of anilines is 1. The molecule has 0 saturated carbocycles. The molecule has 0 saturated heterocycles. The molecule has 0 fully saturated rings. The summed E-state index contributed by atoms with van der Waals surface area (Å²) in [6, 6.07) is 5.39. The van der Waals surface area contributed by atoms with Gasteiger partial charge in [0, 0.05) is 18.2 Å². The predicted octanol–water partition coefficient (Wildman–Crippen LogP) is 2.02. The van der Waals surface area contributed by atoms with E-state index in [1.807, 2.05) is 6.92 Å². The molecule has 114 valence electrons. The summed E-state index contributed by atoms with van der Waals surface area (Å²) >= 11 is 0. The average Bonchev–Trinajstić information content (AvgIpc) is 2.43. The van der Waals surface area contributed by atoms with Crippen molar-refractivity contribution in [2.75, 3.05) is 5.32 Å². The van der Waals surface area contributed by atoms with Crippen molar-refractivity contribution in [2.24, 2.45) is 0 Å². The Labute approximate surface area is 123 Å². The second-order valence-electron chi connectivity index (χ2n) is 4.77. The Kier molecular flexibility index (Phi) is 6.39. The van der Waals surface area contributed by atoms with Crippen LogP contribution in [0.2, 0.25) is 0 Å². The van der Waals surface area contributed by atoms with E-state index in [4.69, 9.17) is 5.11 Å². The number of rotatable bonds is 7. The molecule has 0 spiro atoms. The van der Waals surface area contributed by atoms with Gasteiger partial charge in [-0.3, -0.25) is 9.59 Å². The van der Waals surface area contributed by atoms with Gasteiger partial charge in [-0.2, -0.15) is 0 Å². The van der Waals surface area contributed by atoms with Crippen molar-refractivity contribution in [1.82, 2.24) is 5.32 Å². The smallest absolute Gasteiger partial charge is 0.326 e. The predicted molar refractivity (Wildman–Crippen MR) is 79.2 cm³/mol. The van der Waals surface area contributed by atoms with Crippen molar-refractivity contribution >= 4 is 23.5 Å². The Balaban J connectivity index is 2.69. The molecule has 1 atom stereocenters.